The molecular weight excluding hydrogens is 489 g/mol. The molecule has 0 saturated heterocycles. The molecule has 2 saturated carbocycles. The van der Waals surface area contributed by atoms with Crippen LogP contribution in [0, 0.1) is 41.3 Å². The molecule has 2 aliphatic carbocycles. The van der Waals surface area contributed by atoms with Crippen molar-refractivity contribution in [1.29, 1.82) is 0 Å². The van der Waals surface area contributed by atoms with Gasteiger partial charge in [-0.1, -0.05) is 39.7 Å². The van der Waals surface area contributed by atoms with Gasteiger partial charge in [-0.3, -0.25) is 0 Å². The number of nitrogens with zero attached hydrogens (tertiary/aromatic N) is 1. The highest BCUT2D eigenvalue weighted by molar-refractivity contribution is 7.90. The Morgan fingerprint density at radius 3 is 2.68 bits per heavy atom. The summed E-state index contributed by atoms with van der Waals surface area (Å²) in [4.78, 5) is 4.70. The van der Waals surface area contributed by atoms with Crippen molar-refractivity contribution in [2.75, 3.05) is 19.5 Å². The molecule has 0 bridgehead atoms. The SMILES string of the molecule is CC(C)C1=CCCCOC(C(C)C2CCCC(C3CC3CCOc3ccc(S(C)(=O)=O)c(F)c3)CC2)=N1. The zero-order valence-corrected chi connectivity index (χ0v) is 23.7. The van der Waals surface area contributed by atoms with E-state index in [2.05, 4.69) is 26.8 Å². The van der Waals surface area contributed by atoms with Crippen LogP contribution in [0.2, 0.25) is 0 Å². The van der Waals surface area contributed by atoms with Crippen molar-refractivity contribution in [1.82, 2.24) is 0 Å². The minimum atomic E-state index is -3.57. The number of hydrogen-bond acceptors (Lipinski definition) is 5. The van der Waals surface area contributed by atoms with E-state index in [0.29, 0.717) is 36.0 Å². The highest BCUT2D eigenvalue weighted by Gasteiger charge is 2.43. The fourth-order valence-corrected chi connectivity index (χ4v) is 6.91. The van der Waals surface area contributed by atoms with Crippen LogP contribution in [-0.4, -0.2) is 33.8 Å². The lowest BCUT2D eigenvalue weighted by atomic mass is 9.86. The third-order valence-corrected chi connectivity index (χ3v) is 9.71. The largest absolute Gasteiger partial charge is 0.493 e. The van der Waals surface area contributed by atoms with Gasteiger partial charge in [-0.2, -0.15) is 0 Å². The van der Waals surface area contributed by atoms with E-state index < -0.39 is 15.7 Å². The summed E-state index contributed by atoms with van der Waals surface area (Å²) in [7, 11) is -3.57. The quantitative estimate of drug-likeness (QED) is 0.315. The molecule has 0 amide bonds. The van der Waals surface area contributed by atoms with Crippen LogP contribution in [-0.2, 0) is 14.6 Å². The smallest absolute Gasteiger partial charge is 0.191 e. The van der Waals surface area contributed by atoms with Crippen molar-refractivity contribution in [3.8, 4) is 5.75 Å². The van der Waals surface area contributed by atoms with Gasteiger partial charge in [-0.15, -0.1) is 0 Å². The van der Waals surface area contributed by atoms with Gasteiger partial charge in [0, 0.05) is 23.9 Å². The van der Waals surface area contributed by atoms with Crippen molar-refractivity contribution in [2.45, 2.75) is 83.5 Å². The molecule has 1 aliphatic heterocycles. The molecule has 1 aromatic carbocycles. The molecule has 206 valence electrons. The first-order valence-electron chi connectivity index (χ1n) is 14.2. The number of allylic oxidation sites excluding steroid dienone is 2. The van der Waals surface area contributed by atoms with Crippen molar-refractivity contribution in [3.05, 3.63) is 35.8 Å². The number of sulfone groups is 1. The average Bonchev–Trinajstić information content (AvgIpc) is 3.60. The van der Waals surface area contributed by atoms with Crippen molar-refractivity contribution < 1.29 is 22.3 Å². The molecule has 3 aliphatic rings. The number of aliphatic imine (C=N–C) groups is 1. The molecule has 0 aromatic heterocycles. The molecule has 5 atom stereocenters. The lowest BCUT2D eigenvalue weighted by Crippen LogP contribution is -2.25. The molecule has 37 heavy (non-hydrogen) atoms. The van der Waals surface area contributed by atoms with Crippen LogP contribution in [0.4, 0.5) is 4.39 Å². The Morgan fingerprint density at radius 2 is 1.95 bits per heavy atom. The summed E-state index contributed by atoms with van der Waals surface area (Å²) < 4.78 is 49.2. The Kier molecular flexibility index (Phi) is 9.36. The Hall–Kier alpha value is -1.89. The Labute approximate surface area is 222 Å². The first-order chi connectivity index (χ1) is 17.6. The molecule has 7 heteroatoms. The van der Waals surface area contributed by atoms with Gasteiger partial charge in [0.05, 0.1) is 13.2 Å². The molecule has 1 aromatic rings. The number of rotatable bonds is 9. The van der Waals surface area contributed by atoms with Crippen LogP contribution in [0.25, 0.3) is 0 Å². The Balaban J connectivity index is 1.24. The maximum atomic E-state index is 14.1. The van der Waals surface area contributed by atoms with Gasteiger partial charge in [-0.25, -0.2) is 17.8 Å². The maximum absolute atomic E-state index is 14.1. The monoisotopic (exact) mass is 533 g/mol. The summed E-state index contributed by atoms with van der Waals surface area (Å²) in [5.74, 6) is 4.22. The van der Waals surface area contributed by atoms with Gasteiger partial charge in [-0.05, 0) is 86.7 Å². The van der Waals surface area contributed by atoms with E-state index in [9.17, 15) is 12.8 Å². The summed E-state index contributed by atoms with van der Waals surface area (Å²) in [5, 5.41) is 0. The second kappa shape index (κ2) is 12.3. The number of halogens is 1. The predicted molar refractivity (Wildman–Crippen MR) is 146 cm³/mol. The van der Waals surface area contributed by atoms with E-state index in [4.69, 9.17) is 14.5 Å². The van der Waals surface area contributed by atoms with Crippen LogP contribution in [0.15, 0.2) is 39.9 Å². The van der Waals surface area contributed by atoms with Crippen molar-refractivity contribution >= 4 is 15.7 Å². The van der Waals surface area contributed by atoms with Crippen LogP contribution in [0.1, 0.15) is 78.6 Å². The van der Waals surface area contributed by atoms with Crippen LogP contribution >= 0.6 is 0 Å². The van der Waals surface area contributed by atoms with Gasteiger partial charge in [0.25, 0.3) is 0 Å². The highest BCUT2D eigenvalue weighted by Crippen LogP contribution is 2.51. The van der Waals surface area contributed by atoms with E-state index in [1.165, 1.54) is 56.4 Å². The average molecular weight is 534 g/mol. The van der Waals surface area contributed by atoms with E-state index in [1.54, 1.807) is 6.07 Å². The summed E-state index contributed by atoms with van der Waals surface area (Å²) in [5.41, 5.74) is 1.17. The molecule has 4 rings (SSSR count). The summed E-state index contributed by atoms with van der Waals surface area (Å²) in [6, 6.07) is 4.01. The molecule has 0 N–H and O–H groups in total. The summed E-state index contributed by atoms with van der Waals surface area (Å²) >= 11 is 0. The highest BCUT2D eigenvalue weighted by atomic mass is 32.2. The lowest BCUT2D eigenvalue weighted by Gasteiger charge is -2.26. The van der Waals surface area contributed by atoms with E-state index in [1.807, 2.05) is 0 Å². The first kappa shape index (κ1) is 28.1. The molecule has 0 spiro atoms. The summed E-state index contributed by atoms with van der Waals surface area (Å²) in [6.07, 6.45) is 14.0. The minimum Gasteiger partial charge on any atom is -0.493 e. The van der Waals surface area contributed by atoms with Crippen molar-refractivity contribution in [3.63, 3.8) is 0 Å². The standard InChI is InChI=1S/C30H44FNO4S/c1-20(2)28-10-5-6-16-36-30(32-28)21(3)22-8-7-9-23(12-11-22)26-18-24(26)15-17-35-25-13-14-29(27(31)19-25)37(4,33)34/h10,13-14,19-24,26H,5-9,11-12,15-18H2,1-4H3. The van der Waals surface area contributed by atoms with Crippen LogP contribution in [0.3, 0.4) is 0 Å². The lowest BCUT2D eigenvalue weighted by molar-refractivity contribution is 0.248. The van der Waals surface area contributed by atoms with Gasteiger partial charge >= 0.3 is 0 Å². The maximum Gasteiger partial charge on any atom is 0.191 e. The molecule has 5 unspecified atom stereocenters. The van der Waals surface area contributed by atoms with E-state index >= 15 is 0 Å². The van der Waals surface area contributed by atoms with Gasteiger partial charge in [0.2, 0.25) is 0 Å². The van der Waals surface area contributed by atoms with Crippen LogP contribution in [0.5, 0.6) is 5.75 Å². The zero-order valence-electron chi connectivity index (χ0n) is 22.9. The third-order valence-electron chi connectivity index (χ3n) is 8.58. The third kappa shape index (κ3) is 7.58. The zero-order chi connectivity index (χ0) is 26.6. The Bertz CT molecular complexity index is 1100. The molecule has 2 fully saturated rings. The second-order valence-electron chi connectivity index (χ2n) is 11.7. The van der Waals surface area contributed by atoms with Crippen molar-refractivity contribution in [2.24, 2.45) is 40.5 Å². The molecular formula is C30H44FNO4S. The fourth-order valence-electron chi connectivity index (χ4n) is 6.18. The normalized spacial score (nSPS) is 27.7. The molecule has 1 heterocycles. The van der Waals surface area contributed by atoms with E-state index in [0.717, 1.165) is 49.9 Å². The number of benzene rings is 1. The van der Waals surface area contributed by atoms with Gasteiger partial charge in [0.15, 0.2) is 15.7 Å². The summed E-state index contributed by atoms with van der Waals surface area (Å²) in [6.45, 7) is 8.03. The topological polar surface area (TPSA) is 65.0 Å². The first-order valence-corrected chi connectivity index (χ1v) is 16.1. The Morgan fingerprint density at radius 1 is 1.14 bits per heavy atom. The minimum absolute atomic E-state index is 0.284. The van der Waals surface area contributed by atoms with E-state index in [-0.39, 0.29) is 4.90 Å². The number of hydrogen-bond donors (Lipinski definition) is 0. The second-order valence-corrected chi connectivity index (χ2v) is 13.7. The predicted octanol–water partition coefficient (Wildman–Crippen LogP) is 7.22. The fraction of sp³-hybridized carbons (Fsp3) is 0.700. The molecule has 0 radical (unpaired) electrons. The van der Waals surface area contributed by atoms with Crippen LogP contribution < -0.4 is 4.74 Å². The molecule has 5 nitrogen and oxygen atoms in total. The van der Waals surface area contributed by atoms with Gasteiger partial charge in [0.1, 0.15) is 16.5 Å². The van der Waals surface area contributed by atoms with Gasteiger partial charge < -0.3 is 9.47 Å². The number of ether oxygens (including phenoxy) is 2.